The Morgan fingerprint density at radius 2 is 1.34 bits per heavy atom. The summed E-state index contributed by atoms with van der Waals surface area (Å²) >= 11 is 0. The minimum absolute atomic E-state index is 0.150. The lowest BCUT2D eigenvalue weighted by Gasteiger charge is -2.55. The number of carbonyl (C=O) groups is 5. The second kappa shape index (κ2) is 13.1. The lowest BCUT2D eigenvalue weighted by molar-refractivity contribution is -0.208. The zero-order chi connectivity index (χ0) is 32.2. The zero-order valence-electron chi connectivity index (χ0n) is 24.4. The summed E-state index contributed by atoms with van der Waals surface area (Å²) < 4.78 is 25.0. The van der Waals surface area contributed by atoms with E-state index in [2.05, 4.69) is 0 Å². The van der Waals surface area contributed by atoms with E-state index >= 15 is 0 Å². The summed E-state index contributed by atoms with van der Waals surface area (Å²) in [6.45, 7) is 0. The molecule has 2 aliphatic carbocycles. The quantitative estimate of drug-likeness (QED) is 0.194. The number of benzene rings is 2. The number of aliphatic hydroxyl groups is 2. The molecule has 2 unspecified atom stereocenters. The lowest BCUT2D eigenvalue weighted by atomic mass is 9.49. The first kappa shape index (κ1) is 32.0. The molecule has 2 bridgehead atoms. The first-order valence-electron chi connectivity index (χ1n) is 13.5. The Morgan fingerprint density at radius 3 is 1.89 bits per heavy atom. The van der Waals surface area contributed by atoms with E-state index in [-0.39, 0.29) is 12.2 Å². The molecule has 6 atom stereocenters. The van der Waals surface area contributed by atoms with Gasteiger partial charge in [0.15, 0.2) is 0 Å². The van der Waals surface area contributed by atoms with E-state index in [9.17, 15) is 34.2 Å². The van der Waals surface area contributed by atoms with Crippen LogP contribution in [-0.4, -0.2) is 74.1 Å². The fraction of sp³-hybridized carbons (Fsp3) is 0.344. The van der Waals surface area contributed by atoms with Gasteiger partial charge in [-0.3, -0.25) is 14.4 Å². The summed E-state index contributed by atoms with van der Waals surface area (Å²) in [5.41, 5.74) is -1.86. The Labute approximate surface area is 252 Å². The monoisotopic (exact) mass is 608 g/mol. The van der Waals surface area contributed by atoms with Crippen LogP contribution in [0.25, 0.3) is 6.08 Å². The number of methoxy groups -OCH3 is 4. The summed E-state index contributed by atoms with van der Waals surface area (Å²) in [6, 6.07) is 15.2. The van der Waals surface area contributed by atoms with Gasteiger partial charge in [-0.25, -0.2) is 9.59 Å². The second-order valence-electron chi connectivity index (χ2n) is 10.3. The highest BCUT2D eigenvalue weighted by molar-refractivity contribution is 5.96. The Morgan fingerprint density at radius 1 is 0.773 bits per heavy atom. The van der Waals surface area contributed by atoms with Gasteiger partial charge in [0.25, 0.3) is 0 Å². The first-order valence-corrected chi connectivity index (χ1v) is 13.5. The molecule has 44 heavy (non-hydrogen) atoms. The van der Waals surface area contributed by atoms with Crippen LogP contribution in [-0.2, 0) is 42.9 Å². The van der Waals surface area contributed by atoms with Crippen LogP contribution in [0.4, 0.5) is 0 Å². The van der Waals surface area contributed by atoms with Crippen LogP contribution in [0.15, 0.2) is 72.0 Å². The predicted molar refractivity (Wildman–Crippen MR) is 152 cm³/mol. The zero-order valence-corrected chi connectivity index (χ0v) is 24.4. The highest BCUT2D eigenvalue weighted by atomic mass is 16.5. The van der Waals surface area contributed by atoms with Crippen LogP contribution in [0.2, 0.25) is 0 Å². The standard InChI is InChI=1S/C32H32O12/c1-40-28(35)23-21-16-20(18-11-13-19(14-12-18)44-22(33)15-10-17-8-6-5-7-9-17)24(29(36)41-2)32(39,25(21)30(37)42-3)26(27(23)34)31(38)43-4/h5-15,20-21,24-26,34,39H,16H2,1-4H3/b15-10+/t20?,21-,24+,25+,26?,32+/m0/s1. The number of esters is 5. The smallest absolute Gasteiger partial charge is 0.337 e. The molecule has 12 heteroatoms. The predicted octanol–water partition coefficient (Wildman–Crippen LogP) is 2.51. The third kappa shape index (κ3) is 5.68. The van der Waals surface area contributed by atoms with Crippen molar-refractivity contribution in [2.75, 3.05) is 28.4 Å². The van der Waals surface area contributed by atoms with Gasteiger partial charge in [0.05, 0.1) is 45.8 Å². The maximum absolute atomic E-state index is 13.4. The van der Waals surface area contributed by atoms with Gasteiger partial charge < -0.3 is 33.9 Å². The molecule has 0 aromatic heterocycles. The topological polar surface area (TPSA) is 172 Å². The number of carbonyl (C=O) groups excluding carboxylic acids is 5. The van der Waals surface area contributed by atoms with Crippen LogP contribution >= 0.6 is 0 Å². The van der Waals surface area contributed by atoms with Gasteiger partial charge in [-0.15, -0.1) is 0 Å². The van der Waals surface area contributed by atoms with Crippen LogP contribution in [0.3, 0.4) is 0 Å². The maximum atomic E-state index is 13.4. The molecule has 1 saturated carbocycles. The van der Waals surface area contributed by atoms with Crippen molar-refractivity contribution in [3.05, 3.63) is 83.1 Å². The average molecular weight is 609 g/mol. The number of ether oxygens (including phenoxy) is 5. The highest BCUT2D eigenvalue weighted by Gasteiger charge is 2.71. The molecule has 0 saturated heterocycles. The summed E-state index contributed by atoms with van der Waals surface area (Å²) in [7, 11) is 4.15. The molecule has 232 valence electrons. The largest absolute Gasteiger partial charge is 0.511 e. The van der Waals surface area contributed by atoms with Crippen molar-refractivity contribution in [3.8, 4) is 5.75 Å². The Kier molecular flexibility index (Phi) is 9.53. The van der Waals surface area contributed by atoms with E-state index in [1.807, 2.05) is 30.3 Å². The molecule has 12 nitrogen and oxygen atoms in total. The first-order chi connectivity index (χ1) is 21.0. The molecular weight excluding hydrogens is 576 g/mol. The normalized spacial score (nSPS) is 26.0. The van der Waals surface area contributed by atoms with E-state index in [1.165, 1.54) is 30.3 Å². The van der Waals surface area contributed by atoms with Gasteiger partial charge in [0, 0.05) is 17.9 Å². The molecule has 0 radical (unpaired) electrons. The summed E-state index contributed by atoms with van der Waals surface area (Å²) in [5, 5.41) is 23.6. The van der Waals surface area contributed by atoms with Crippen molar-refractivity contribution in [3.63, 3.8) is 0 Å². The van der Waals surface area contributed by atoms with Gasteiger partial charge in [-0.05, 0) is 35.8 Å². The third-order valence-electron chi connectivity index (χ3n) is 8.18. The van der Waals surface area contributed by atoms with Crippen LogP contribution in [0.1, 0.15) is 23.5 Å². The molecule has 2 aliphatic rings. The molecule has 2 aromatic carbocycles. The molecule has 2 N–H and O–H groups in total. The van der Waals surface area contributed by atoms with Crippen LogP contribution in [0, 0.1) is 23.7 Å². The molecule has 1 fully saturated rings. The van der Waals surface area contributed by atoms with Gasteiger partial charge in [0.2, 0.25) is 0 Å². The van der Waals surface area contributed by atoms with Gasteiger partial charge in [-0.1, -0.05) is 42.5 Å². The molecule has 4 rings (SSSR count). The summed E-state index contributed by atoms with van der Waals surface area (Å²) in [4.78, 5) is 65.0. The van der Waals surface area contributed by atoms with Gasteiger partial charge in [-0.2, -0.15) is 0 Å². The maximum Gasteiger partial charge on any atom is 0.337 e. The Hall–Kier alpha value is -4.97. The van der Waals surface area contributed by atoms with E-state index in [0.29, 0.717) is 5.56 Å². The minimum Gasteiger partial charge on any atom is -0.511 e. The lowest BCUT2D eigenvalue weighted by Crippen LogP contribution is -2.68. The second-order valence-corrected chi connectivity index (χ2v) is 10.3. The van der Waals surface area contributed by atoms with Crippen LogP contribution in [0.5, 0.6) is 5.75 Å². The van der Waals surface area contributed by atoms with Gasteiger partial charge in [0.1, 0.15) is 23.0 Å². The number of fused-ring (bicyclic) bond motifs is 2. The fourth-order valence-electron chi connectivity index (χ4n) is 6.33. The number of hydrogen-bond donors (Lipinski definition) is 2. The molecule has 0 spiro atoms. The molecule has 0 aliphatic heterocycles. The van der Waals surface area contributed by atoms with Crippen molar-refractivity contribution in [1.29, 1.82) is 0 Å². The summed E-state index contributed by atoms with van der Waals surface area (Å²) in [5.74, 6) is -13.2. The fourth-order valence-corrected chi connectivity index (χ4v) is 6.33. The molecule has 0 heterocycles. The van der Waals surface area contributed by atoms with E-state index in [1.54, 1.807) is 6.08 Å². The van der Waals surface area contributed by atoms with E-state index in [0.717, 1.165) is 34.0 Å². The number of aliphatic hydroxyl groups excluding tert-OH is 1. The number of rotatable bonds is 8. The molecular formula is C32H32O12. The van der Waals surface area contributed by atoms with Crippen LogP contribution < -0.4 is 4.74 Å². The molecule has 2 aromatic rings. The molecule has 0 amide bonds. The van der Waals surface area contributed by atoms with Crippen molar-refractivity contribution < 1.29 is 57.9 Å². The Bertz CT molecular complexity index is 1490. The van der Waals surface area contributed by atoms with Gasteiger partial charge >= 0.3 is 29.8 Å². The third-order valence-corrected chi connectivity index (χ3v) is 8.18. The highest BCUT2D eigenvalue weighted by Crippen LogP contribution is 2.60. The summed E-state index contributed by atoms with van der Waals surface area (Å²) in [6.07, 6.45) is 2.71. The van der Waals surface area contributed by atoms with E-state index < -0.39 is 76.4 Å². The average Bonchev–Trinajstić information content (AvgIpc) is 3.03. The van der Waals surface area contributed by atoms with Crippen molar-refractivity contribution >= 4 is 35.9 Å². The Balaban J connectivity index is 1.78. The number of hydrogen-bond acceptors (Lipinski definition) is 12. The van der Waals surface area contributed by atoms with Crippen molar-refractivity contribution in [2.45, 2.75) is 17.9 Å². The SMILES string of the molecule is COC(=O)C1=C(O)C(C(=O)OC)[C@@]2(O)[C@@H](C(=O)OC)C(c3ccc(OC(=O)/C=C/c4ccccc4)cc3)C[C@@H]1[C@@H]2C(=O)OC. The van der Waals surface area contributed by atoms with Crippen molar-refractivity contribution in [1.82, 2.24) is 0 Å². The van der Waals surface area contributed by atoms with Crippen molar-refractivity contribution in [2.24, 2.45) is 23.7 Å². The minimum atomic E-state index is -2.66. The van der Waals surface area contributed by atoms with E-state index in [4.69, 9.17) is 23.7 Å².